The van der Waals surface area contributed by atoms with Crippen LogP contribution in [0.4, 0.5) is 5.69 Å². The van der Waals surface area contributed by atoms with Gasteiger partial charge in [0.25, 0.3) is 11.5 Å². The molecule has 4 aromatic rings. The number of pyridine rings is 1. The van der Waals surface area contributed by atoms with E-state index in [0.29, 0.717) is 30.1 Å². The van der Waals surface area contributed by atoms with E-state index < -0.39 is 0 Å². The molecule has 2 amide bonds. The van der Waals surface area contributed by atoms with Gasteiger partial charge in [0.1, 0.15) is 0 Å². The second kappa shape index (κ2) is 9.15. The molecule has 0 spiro atoms. The Labute approximate surface area is 201 Å². The average molecular weight is 472 g/mol. The fraction of sp³-hybridized carbons (Fsp3) is 0.148. The quantitative estimate of drug-likeness (QED) is 0.468. The van der Waals surface area contributed by atoms with Crippen molar-refractivity contribution in [3.63, 3.8) is 0 Å². The Bertz CT molecular complexity index is 1450. The summed E-state index contributed by atoms with van der Waals surface area (Å²) in [5.41, 5.74) is 1.96. The Morgan fingerprint density at radius 3 is 2.47 bits per heavy atom. The van der Waals surface area contributed by atoms with Gasteiger partial charge < -0.3 is 10.2 Å². The first kappa shape index (κ1) is 21.9. The number of benzene rings is 3. The highest BCUT2D eigenvalue weighted by molar-refractivity contribution is 6.31. The van der Waals surface area contributed by atoms with E-state index in [4.69, 9.17) is 11.6 Å². The minimum atomic E-state index is -0.176. The zero-order valence-electron chi connectivity index (χ0n) is 18.3. The van der Waals surface area contributed by atoms with Gasteiger partial charge in [0.2, 0.25) is 5.91 Å². The number of nitrogens with one attached hydrogen (secondary N) is 1. The van der Waals surface area contributed by atoms with Gasteiger partial charge in [-0.05, 0) is 65.4 Å². The van der Waals surface area contributed by atoms with Gasteiger partial charge in [0.15, 0.2) is 0 Å². The fourth-order valence-corrected chi connectivity index (χ4v) is 4.48. The van der Waals surface area contributed by atoms with E-state index in [0.717, 1.165) is 22.1 Å². The number of aromatic nitrogens is 1. The molecule has 6 nitrogen and oxygen atoms in total. The fourth-order valence-electron chi connectivity index (χ4n) is 4.30. The van der Waals surface area contributed by atoms with Crippen LogP contribution in [0.5, 0.6) is 0 Å². The highest BCUT2D eigenvalue weighted by Gasteiger charge is 2.30. The maximum atomic E-state index is 12.7. The highest BCUT2D eigenvalue weighted by atomic mass is 35.5. The van der Waals surface area contributed by atoms with Crippen molar-refractivity contribution in [3.8, 4) is 5.69 Å². The molecule has 1 atom stereocenters. The Morgan fingerprint density at radius 1 is 0.912 bits per heavy atom. The van der Waals surface area contributed by atoms with Gasteiger partial charge in [0.05, 0.1) is 0 Å². The SMILES string of the molecule is O=C(NCC1CC(=O)N(c2ccc(-n3ccccc3=O)cc2)C1)c1ccc2ccc(Cl)cc2c1. The highest BCUT2D eigenvalue weighted by Crippen LogP contribution is 2.26. The van der Waals surface area contributed by atoms with Crippen molar-refractivity contribution in [2.75, 3.05) is 18.0 Å². The standard InChI is InChI=1S/C27H22ClN3O3/c28-22-7-6-19-4-5-20(14-21(19)15-22)27(34)29-16-18-13-26(33)31(17-18)24-10-8-23(9-11-24)30-12-2-1-3-25(30)32/h1-12,14-15,18H,13,16-17H2,(H,29,34). The largest absolute Gasteiger partial charge is 0.352 e. The lowest BCUT2D eigenvalue weighted by Gasteiger charge is -2.18. The van der Waals surface area contributed by atoms with Crippen LogP contribution in [0, 0.1) is 5.92 Å². The van der Waals surface area contributed by atoms with Crippen LogP contribution in [-0.4, -0.2) is 29.5 Å². The molecule has 1 unspecified atom stereocenters. The lowest BCUT2D eigenvalue weighted by atomic mass is 10.1. The van der Waals surface area contributed by atoms with Crippen LogP contribution < -0.4 is 15.8 Å². The summed E-state index contributed by atoms with van der Waals surface area (Å²) in [5.74, 6) is -0.141. The van der Waals surface area contributed by atoms with E-state index in [2.05, 4.69) is 5.32 Å². The normalized spacial score (nSPS) is 15.6. The van der Waals surface area contributed by atoms with Crippen molar-refractivity contribution in [2.45, 2.75) is 6.42 Å². The van der Waals surface area contributed by atoms with Crippen LogP contribution in [0.2, 0.25) is 5.02 Å². The molecule has 1 aromatic heterocycles. The summed E-state index contributed by atoms with van der Waals surface area (Å²) in [5, 5.41) is 5.51. The Kier molecular flexibility index (Phi) is 5.90. The molecule has 7 heteroatoms. The number of carbonyl (C=O) groups is 2. The second-order valence-corrected chi connectivity index (χ2v) is 8.85. The molecule has 2 heterocycles. The van der Waals surface area contributed by atoms with Crippen molar-refractivity contribution in [1.29, 1.82) is 0 Å². The van der Waals surface area contributed by atoms with Crippen LogP contribution in [0.3, 0.4) is 0 Å². The van der Waals surface area contributed by atoms with Gasteiger partial charge in [-0.3, -0.25) is 19.0 Å². The molecule has 1 fully saturated rings. The monoisotopic (exact) mass is 471 g/mol. The molecular formula is C27H22ClN3O3. The molecule has 0 saturated carbocycles. The van der Waals surface area contributed by atoms with Crippen LogP contribution in [0.15, 0.2) is 89.9 Å². The molecule has 1 aliphatic heterocycles. The summed E-state index contributed by atoms with van der Waals surface area (Å²) in [7, 11) is 0. The number of fused-ring (bicyclic) bond motifs is 1. The van der Waals surface area contributed by atoms with Crippen LogP contribution in [-0.2, 0) is 4.79 Å². The first-order chi connectivity index (χ1) is 16.5. The topological polar surface area (TPSA) is 71.4 Å². The smallest absolute Gasteiger partial charge is 0.255 e. The summed E-state index contributed by atoms with van der Waals surface area (Å²) in [6.45, 7) is 0.934. The lowest BCUT2D eigenvalue weighted by Crippen LogP contribution is -2.31. The summed E-state index contributed by atoms with van der Waals surface area (Å²) in [6, 6.07) is 23.4. The second-order valence-electron chi connectivity index (χ2n) is 8.42. The van der Waals surface area contributed by atoms with Gasteiger partial charge in [-0.2, -0.15) is 0 Å². The molecule has 0 aliphatic carbocycles. The molecule has 0 radical (unpaired) electrons. The molecule has 1 saturated heterocycles. The van der Waals surface area contributed by atoms with Crippen molar-refractivity contribution in [3.05, 3.63) is 106 Å². The van der Waals surface area contributed by atoms with Gasteiger partial charge in [-0.25, -0.2) is 0 Å². The Hall–Kier alpha value is -3.90. The number of halogens is 1. The predicted octanol–water partition coefficient (Wildman–Crippen LogP) is 4.43. The van der Waals surface area contributed by atoms with E-state index in [9.17, 15) is 14.4 Å². The van der Waals surface area contributed by atoms with Crippen molar-refractivity contribution in [2.24, 2.45) is 5.92 Å². The summed E-state index contributed by atoms with van der Waals surface area (Å²) in [4.78, 5) is 39.1. The number of anilines is 1. The number of hydrogen-bond acceptors (Lipinski definition) is 3. The predicted molar refractivity (Wildman–Crippen MR) is 134 cm³/mol. The van der Waals surface area contributed by atoms with Gasteiger partial charge in [-0.15, -0.1) is 0 Å². The molecule has 34 heavy (non-hydrogen) atoms. The Balaban J connectivity index is 1.23. The van der Waals surface area contributed by atoms with Gasteiger partial charge in [0, 0.05) is 59.7 Å². The number of nitrogens with zero attached hydrogens (tertiary/aromatic N) is 2. The summed E-state index contributed by atoms with van der Waals surface area (Å²) >= 11 is 6.07. The summed E-state index contributed by atoms with van der Waals surface area (Å²) < 4.78 is 1.55. The van der Waals surface area contributed by atoms with E-state index in [1.807, 2.05) is 54.6 Å². The third-order valence-corrected chi connectivity index (χ3v) is 6.32. The third-order valence-electron chi connectivity index (χ3n) is 6.08. The molecule has 1 aliphatic rings. The van der Waals surface area contributed by atoms with Crippen molar-refractivity contribution >= 4 is 39.9 Å². The van der Waals surface area contributed by atoms with E-state index >= 15 is 0 Å². The van der Waals surface area contributed by atoms with Crippen LogP contribution in [0.25, 0.3) is 16.5 Å². The maximum Gasteiger partial charge on any atom is 0.255 e. The first-order valence-electron chi connectivity index (χ1n) is 11.0. The number of carbonyl (C=O) groups excluding carboxylic acids is 2. The van der Waals surface area contributed by atoms with Crippen molar-refractivity contribution in [1.82, 2.24) is 9.88 Å². The molecular weight excluding hydrogens is 450 g/mol. The molecule has 0 bridgehead atoms. The minimum absolute atomic E-state index is 0.0165. The van der Waals surface area contributed by atoms with Crippen LogP contribution >= 0.6 is 11.6 Å². The molecule has 1 N–H and O–H groups in total. The summed E-state index contributed by atoms with van der Waals surface area (Å²) in [6.07, 6.45) is 2.08. The van der Waals surface area contributed by atoms with Crippen molar-refractivity contribution < 1.29 is 9.59 Å². The molecule has 3 aromatic carbocycles. The van der Waals surface area contributed by atoms with Crippen LogP contribution in [0.1, 0.15) is 16.8 Å². The van der Waals surface area contributed by atoms with Gasteiger partial charge in [-0.1, -0.05) is 29.8 Å². The molecule has 170 valence electrons. The zero-order valence-corrected chi connectivity index (χ0v) is 19.0. The number of hydrogen-bond donors (Lipinski definition) is 1. The van der Waals surface area contributed by atoms with E-state index in [1.54, 1.807) is 33.9 Å². The zero-order chi connectivity index (χ0) is 23.7. The maximum absolute atomic E-state index is 12.7. The first-order valence-corrected chi connectivity index (χ1v) is 11.4. The number of rotatable bonds is 5. The van der Waals surface area contributed by atoms with Gasteiger partial charge >= 0.3 is 0 Å². The average Bonchev–Trinajstić information content (AvgIpc) is 3.23. The Morgan fingerprint density at radius 2 is 1.68 bits per heavy atom. The van der Waals surface area contributed by atoms with E-state index in [1.165, 1.54) is 6.07 Å². The van der Waals surface area contributed by atoms with E-state index in [-0.39, 0.29) is 23.3 Å². The molecule has 5 rings (SSSR count). The minimum Gasteiger partial charge on any atom is -0.352 e. The lowest BCUT2D eigenvalue weighted by molar-refractivity contribution is -0.117. The number of amides is 2. The third kappa shape index (κ3) is 4.45.